The minimum Gasteiger partial charge on any atom is -0.478 e. The summed E-state index contributed by atoms with van der Waals surface area (Å²) in [5, 5.41) is 10.8. The summed E-state index contributed by atoms with van der Waals surface area (Å²) in [5.74, 6) is -2.17. The second-order valence-electron chi connectivity index (χ2n) is 2.06. The largest absolute Gasteiger partial charge is 0.478 e. The van der Waals surface area contributed by atoms with Gasteiger partial charge in [0.2, 0.25) is 0 Å². The van der Waals surface area contributed by atoms with Gasteiger partial charge in [-0.05, 0) is 23.4 Å². The van der Waals surface area contributed by atoms with Crippen LogP contribution in [-0.4, -0.2) is 11.1 Å². The second kappa shape index (κ2) is 3.08. The van der Waals surface area contributed by atoms with Crippen LogP contribution in [-0.2, 0) is 0 Å². The van der Waals surface area contributed by atoms with Gasteiger partial charge < -0.3 is 5.11 Å². The summed E-state index contributed by atoms with van der Waals surface area (Å²) in [7, 11) is 0. The van der Waals surface area contributed by atoms with Crippen molar-refractivity contribution in [3.63, 3.8) is 0 Å². The zero-order valence-corrected chi connectivity index (χ0v) is 5.82. The zero-order chi connectivity index (χ0) is 9.14. The van der Waals surface area contributed by atoms with Crippen molar-refractivity contribution in [1.82, 2.24) is 0 Å². The number of nitroso groups, excluding NO2 is 1. The first kappa shape index (κ1) is 8.32. The van der Waals surface area contributed by atoms with Crippen LogP contribution in [0.1, 0.15) is 10.4 Å². The molecular formula is C7H4FNO3. The summed E-state index contributed by atoms with van der Waals surface area (Å²) >= 11 is 0. The highest BCUT2D eigenvalue weighted by molar-refractivity contribution is 5.87. The summed E-state index contributed by atoms with van der Waals surface area (Å²) in [4.78, 5) is 20.1. The van der Waals surface area contributed by atoms with Crippen LogP contribution in [0, 0.1) is 10.7 Å². The normalized spacial score (nSPS) is 9.42. The first-order valence-corrected chi connectivity index (χ1v) is 3.01. The highest BCUT2D eigenvalue weighted by atomic mass is 19.1. The molecule has 0 aliphatic rings. The average molecular weight is 169 g/mol. The number of hydrogen-bond acceptors (Lipinski definition) is 3. The predicted molar refractivity (Wildman–Crippen MR) is 38.8 cm³/mol. The molecule has 0 heterocycles. The molecule has 4 nitrogen and oxygen atoms in total. The second-order valence-corrected chi connectivity index (χ2v) is 2.06. The van der Waals surface area contributed by atoms with Crippen molar-refractivity contribution in [2.45, 2.75) is 0 Å². The van der Waals surface area contributed by atoms with Gasteiger partial charge in [-0.2, -0.15) is 0 Å². The van der Waals surface area contributed by atoms with Crippen molar-refractivity contribution >= 4 is 11.7 Å². The maximum atomic E-state index is 12.7. The van der Waals surface area contributed by atoms with Crippen LogP contribution in [0.25, 0.3) is 0 Å². The van der Waals surface area contributed by atoms with Gasteiger partial charge in [0.05, 0.1) is 5.56 Å². The topological polar surface area (TPSA) is 66.7 Å². The van der Waals surface area contributed by atoms with Gasteiger partial charge in [-0.3, -0.25) is 0 Å². The molecule has 0 amide bonds. The Labute approximate surface area is 66.6 Å². The Hall–Kier alpha value is -1.78. The third-order valence-corrected chi connectivity index (χ3v) is 1.29. The monoisotopic (exact) mass is 169 g/mol. The van der Waals surface area contributed by atoms with Gasteiger partial charge in [0, 0.05) is 0 Å². The Kier molecular flexibility index (Phi) is 2.14. The minimum absolute atomic E-state index is 0.208. The molecule has 0 aliphatic carbocycles. The van der Waals surface area contributed by atoms with Crippen LogP contribution in [0.4, 0.5) is 10.1 Å². The summed E-state index contributed by atoms with van der Waals surface area (Å²) in [5.41, 5.74) is -0.597. The maximum Gasteiger partial charge on any atom is 0.335 e. The fourth-order valence-corrected chi connectivity index (χ4v) is 0.714. The van der Waals surface area contributed by atoms with Gasteiger partial charge in [-0.25, -0.2) is 9.18 Å². The van der Waals surface area contributed by atoms with Gasteiger partial charge in [-0.15, -0.1) is 4.91 Å². The van der Waals surface area contributed by atoms with Crippen molar-refractivity contribution in [3.05, 3.63) is 34.5 Å². The van der Waals surface area contributed by atoms with Crippen LogP contribution in [0.15, 0.2) is 23.4 Å². The van der Waals surface area contributed by atoms with E-state index in [1.807, 2.05) is 0 Å². The first-order valence-electron chi connectivity index (χ1n) is 3.01. The Morgan fingerprint density at radius 3 is 2.58 bits per heavy atom. The van der Waals surface area contributed by atoms with E-state index in [1.165, 1.54) is 0 Å². The zero-order valence-electron chi connectivity index (χ0n) is 5.82. The molecule has 0 radical (unpaired) electrons. The number of halogens is 1. The molecule has 62 valence electrons. The number of carboxylic acids is 1. The summed E-state index contributed by atoms with van der Waals surface area (Å²) in [6.07, 6.45) is 0. The molecule has 0 saturated heterocycles. The molecule has 1 aromatic rings. The molecule has 5 heteroatoms. The van der Waals surface area contributed by atoms with Crippen LogP contribution in [0.3, 0.4) is 0 Å². The standard InChI is InChI=1S/C7H4FNO3/c8-5-3-4(7(10)11)1-2-6(5)9-12/h1-3H,(H,10,11). The number of hydrogen-bond donors (Lipinski definition) is 1. The quantitative estimate of drug-likeness (QED) is 0.687. The van der Waals surface area contributed by atoms with Gasteiger partial charge in [-0.1, -0.05) is 0 Å². The van der Waals surface area contributed by atoms with Gasteiger partial charge in [0.25, 0.3) is 0 Å². The molecular weight excluding hydrogens is 165 g/mol. The van der Waals surface area contributed by atoms with Crippen molar-refractivity contribution in [2.75, 3.05) is 0 Å². The van der Waals surface area contributed by atoms with Crippen LogP contribution >= 0.6 is 0 Å². The molecule has 1 rings (SSSR count). The molecule has 0 fully saturated rings. The van der Waals surface area contributed by atoms with Gasteiger partial charge in [0.15, 0.2) is 5.82 Å². The molecule has 0 bridgehead atoms. The van der Waals surface area contributed by atoms with Crippen molar-refractivity contribution in [2.24, 2.45) is 5.18 Å². The molecule has 0 aromatic heterocycles. The number of rotatable bonds is 2. The van der Waals surface area contributed by atoms with Crippen LogP contribution in [0.5, 0.6) is 0 Å². The summed E-state index contributed by atoms with van der Waals surface area (Å²) in [6, 6.07) is 2.88. The van der Waals surface area contributed by atoms with E-state index < -0.39 is 11.8 Å². The Bertz CT molecular complexity index is 337. The van der Waals surface area contributed by atoms with Crippen LogP contribution < -0.4 is 0 Å². The SMILES string of the molecule is O=Nc1ccc(C(=O)O)cc1F. The van der Waals surface area contributed by atoms with E-state index in [0.29, 0.717) is 0 Å². The lowest BCUT2D eigenvalue weighted by Crippen LogP contribution is -1.96. The number of benzene rings is 1. The number of carbonyl (C=O) groups is 1. The number of carboxylic acid groups (broad SMARTS) is 1. The fourth-order valence-electron chi connectivity index (χ4n) is 0.714. The van der Waals surface area contributed by atoms with E-state index in [1.54, 1.807) is 0 Å². The molecule has 1 N–H and O–H groups in total. The third kappa shape index (κ3) is 1.45. The van der Waals surface area contributed by atoms with Gasteiger partial charge >= 0.3 is 5.97 Å². The van der Waals surface area contributed by atoms with E-state index in [4.69, 9.17) is 5.11 Å². The fraction of sp³-hybridized carbons (Fsp3) is 0. The highest BCUT2D eigenvalue weighted by Crippen LogP contribution is 2.18. The van der Waals surface area contributed by atoms with E-state index >= 15 is 0 Å². The van der Waals surface area contributed by atoms with Crippen LogP contribution in [0.2, 0.25) is 0 Å². The molecule has 0 atom stereocenters. The summed E-state index contributed by atoms with van der Waals surface area (Å²) < 4.78 is 12.7. The lowest BCUT2D eigenvalue weighted by molar-refractivity contribution is 0.0696. The van der Waals surface area contributed by atoms with E-state index in [-0.39, 0.29) is 11.3 Å². The Morgan fingerprint density at radius 2 is 2.17 bits per heavy atom. The van der Waals surface area contributed by atoms with Crippen molar-refractivity contribution < 1.29 is 14.3 Å². The van der Waals surface area contributed by atoms with Crippen molar-refractivity contribution in [3.8, 4) is 0 Å². The number of nitrogens with zero attached hydrogens (tertiary/aromatic N) is 1. The predicted octanol–water partition coefficient (Wildman–Crippen LogP) is 1.92. The maximum absolute atomic E-state index is 12.7. The smallest absolute Gasteiger partial charge is 0.335 e. The minimum atomic E-state index is -1.24. The Balaban J connectivity index is 3.18. The van der Waals surface area contributed by atoms with E-state index in [2.05, 4.69) is 5.18 Å². The summed E-state index contributed by atoms with van der Waals surface area (Å²) in [6.45, 7) is 0. The third-order valence-electron chi connectivity index (χ3n) is 1.29. The van der Waals surface area contributed by atoms with E-state index in [0.717, 1.165) is 18.2 Å². The lowest BCUT2D eigenvalue weighted by atomic mass is 10.2. The first-order chi connectivity index (χ1) is 5.65. The molecule has 1 aromatic carbocycles. The molecule has 0 unspecified atom stereocenters. The molecule has 0 saturated carbocycles. The average Bonchev–Trinajstić information content (AvgIpc) is 2.04. The van der Waals surface area contributed by atoms with Gasteiger partial charge in [0.1, 0.15) is 5.69 Å². The molecule has 0 aliphatic heterocycles. The lowest BCUT2D eigenvalue weighted by Gasteiger charge is -1.94. The van der Waals surface area contributed by atoms with Crippen molar-refractivity contribution in [1.29, 1.82) is 0 Å². The molecule has 12 heavy (non-hydrogen) atoms. The number of aromatic carboxylic acids is 1. The Morgan fingerprint density at radius 1 is 1.50 bits per heavy atom. The van der Waals surface area contributed by atoms with E-state index in [9.17, 15) is 14.1 Å². The highest BCUT2D eigenvalue weighted by Gasteiger charge is 2.07. The molecule has 0 spiro atoms.